The van der Waals surface area contributed by atoms with Gasteiger partial charge >= 0.3 is 0 Å². The fraction of sp³-hybridized carbons (Fsp3) is 0.476. The SMILES string of the molecule is CC1(C)Oc2ncnc(N)c2N=C1c1ccc([C@H]2CC[C@H](CN)CC2)cc1. The number of fused-ring (bicyclic) bond motifs is 1. The molecule has 0 radical (unpaired) electrons. The zero-order chi connectivity index (χ0) is 19.0. The fourth-order valence-corrected chi connectivity index (χ4v) is 4.15. The van der Waals surface area contributed by atoms with E-state index in [2.05, 4.69) is 34.2 Å². The lowest BCUT2D eigenvalue weighted by Crippen LogP contribution is -2.41. The molecule has 27 heavy (non-hydrogen) atoms. The van der Waals surface area contributed by atoms with Crippen molar-refractivity contribution in [2.24, 2.45) is 16.6 Å². The molecule has 0 unspecified atom stereocenters. The quantitative estimate of drug-likeness (QED) is 0.866. The van der Waals surface area contributed by atoms with E-state index in [0.717, 1.165) is 17.8 Å². The Bertz CT molecular complexity index is 851. The highest BCUT2D eigenvalue weighted by atomic mass is 16.5. The van der Waals surface area contributed by atoms with Crippen LogP contribution in [0, 0.1) is 5.92 Å². The average molecular weight is 365 g/mol. The number of nitrogen functional groups attached to an aromatic ring is 1. The lowest BCUT2D eigenvalue weighted by atomic mass is 9.78. The maximum atomic E-state index is 6.06. The van der Waals surface area contributed by atoms with Gasteiger partial charge in [0.25, 0.3) is 0 Å². The van der Waals surface area contributed by atoms with Gasteiger partial charge in [-0.25, -0.2) is 9.98 Å². The summed E-state index contributed by atoms with van der Waals surface area (Å²) in [5.41, 5.74) is 15.0. The van der Waals surface area contributed by atoms with Gasteiger partial charge in [0.15, 0.2) is 11.5 Å². The molecule has 142 valence electrons. The number of aromatic nitrogens is 2. The van der Waals surface area contributed by atoms with Crippen LogP contribution in [0.4, 0.5) is 11.5 Å². The van der Waals surface area contributed by atoms with Crippen molar-refractivity contribution in [3.8, 4) is 5.88 Å². The van der Waals surface area contributed by atoms with Crippen molar-refractivity contribution in [3.63, 3.8) is 0 Å². The second-order valence-electron chi connectivity index (χ2n) is 8.06. The minimum absolute atomic E-state index is 0.335. The molecule has 1 aromatic carbocycles. The van der Waals surface area contributed by atoms with Crippen LogP contribution >= 0.6 is 0 Å². The number of hydrogen-bond acceptors (Lipinski definition) is 6. The molecule has 1 saturated carbocycles. The van der Waals surface area contributed by atoms with Gasteiger partial charge in [-0.15, -0.1) is 0 Å². The molecule has 4 rings (SSSR count). The molecule has 6 nitrogen and oxygen atoms in total. The van der Waals surface area contributed by atoms with Crippen LogP contribution < -0.4 is 16.2 Å². The third-order valence-electron chi connectivity index (χ3n) is 5.80. The van der Waals surface area contributed by atoms with Gasteiger partial charge in [0.05, 0.1) is 5.71 Å². The highest BCUT2D eigenvalue weighted by molar-refractivity contribution is 6.09. The molecule has 1 aromatic heterocycles. The lowest BCUT2D eigenvalue weighted by Gasteiger charge is -2.32. The van der Waals surface area contributed by atoms with E-state index < -0.39 is 5.60 Å². The Morgan fingerprint density at radius 2 is 1.78 bits per heavy atom. The molecule has 2 aromatic rings. The lowest BCUT2D eigenvalue weighted by molar-refractivity contribution is 0.171. The predicted octanol–water partition coefficient (Wildman–Crippen LogP) is 3.58. The van der Waals surface area contributed by atoms with Crippen LogP contribution in [-0.4, -0.2) is 27.8 Å². The topological polar surface area (TPSA) is 99.4 Å². The number of nitrogens with zero attached hydrogens (tertiary/aromatic N) is 3. The zero-order valence-corrected chi connectivity index (χ0v) is 16.0. The van der Waals surface area contributed by atoms with E-state index >= 15 is 0 Å². The van der Waals surface area contributed by atoms with Crippen molar-refractivity contribution in [2.45, 2.75) is 51.0 Å². The van der Waals surface area contributed by atoms with Crippen LogP contribution in [0.5, 0.6) is 5.88 Å². The van der Waals surface area contributed by atoms with Crippen LogP contribution in [0.15, 0.2) is 35.6 Å². The molecule has 0 amide bonds. The average Bonchev–Trinajstić information content (AvgIpc) is 2.67. The standard InChI is InChI=1S/C21H27N5O/c1-21(2)18(26-17-19(23)24-12-25-20(17)27-21)16-9-7-15(8-10-16)14-5-3-13(11-22)4-6-14/h7-10,12-14H,3-6,11,22H2,1-2H3,(H2,23,24,25)/t13-,14-. The van der Waals surface area contributed by atoms with Crippen molar-refractivity contribution in [3.05, 3.63) is 41.7 Å². The maximum absolute atomic E-state index is 6.06. The molecule has 0 atom stereocenters. The summed E-state index contributed by atoms with van der Waals surface area (Å²) in [6, 6.07) is 8.72. The normalized spacial score (nSPS) is 23.9. The molecular formula is C21H27N5O. The second kappa shape index (κ2) is 6.93. The van der Waals surface area contributed by atoms with E-state index in [9.17, 15) is 0 Å². The number of ether oxygens (including phenoxy) is 1. The number of hydrogen-bond donors (Lipinski definition) is 2. The first-order chi connectivity index (χ1) is 13.0. The van der Waals surface area contributed by atoms with Crippen LogP contribution in [0.25, 0.3) is 0 Å². The van der Waals surface area contributed by atoms with Crippen LogP contribution in [0.1, 0.15) is 56.6 Å². The van der Waals surface area contributed by atoms with Crippen molar-refractivity contribution in [1.82, 2.24) is 9.97 Å². The van der Waals surface area contributed by atoms with Crippen LogP contribution in [-0.2, 0) is 0 Å². The number of benzene rings is 1. The van der Waals surface area contributed by atoms with Crippen LogP contribution in [0.3, 0.4) is 0 Å². The number of rotatable bonds is 3. The molecule has 2 aliphatic rings. The first-order valence-corrected chi connectivity index (χ1v) is 9.67. The van der Waals surface area contributed by atoms with E-state index in [-0.39, 0.29) is 0 Å². The molecular weight excluding hydrogens is 338 g/mol. The smallest absolute Gasteiger partial charge is 0.246 e. The predicted molar refractivity (Wildman–Crippen MR) is 108 cm³/mol. The number of anilines is 1. The van der Waals surface area contributed by atoms with Gasteiger partial charge in [0, 0.05) is 5.56 Å². The van der Waals surface area contributed by atoms with Crippen molar-refractivity contribution >= 4 is 17.2 Å². The summed E-state index contributed by atoms with van der Waals surface area (Å²) in [5, 5.41) is 0. The largest absolute Gasteiger partial charge is 0.463 e. The van der Waals surface area contributed by atoms with Crippen molar-refractivity contribution < 1.29 is 4.74 Å². The molecule has 1 aliphatic heterocycles. The first-order valence-electron chi connectivity index (χ1n) is 9.67. The van der Waals surface area contributed by atoms with Crippen molar-refractivity contribution in [2.75, 3.05) is 12.3 Å². The zero-order valence-electron chi connectivity index (χ0n) is 16.0. The minimum atomic E-state index is -0.589. The Hall–Kier alpha value is -2.47. The molecule has 2 heterocycles. The van der Waals surface area contributed by atoms with E-state index in [4.69, 9.17) is 21.2 Å². The molecule has 1 aliphatic carbocycles. The minimum Gasteiger partial charge on any atom is -0.463 e. The summed E-state index contributed by atoms with van der Waals surface area (Å²) in [6.45, 7) is 4.80. The molecule has 4 N–H and O–H groups in total. The highest BCUT2D eigenvalue weighted by Gasteiger charge is 2.35. The van der Waals surface area contributed by atoms with Gasteiger partial charge in [-0.1, -0.05) is 24.3 Å². The Kier molecular flexibility index (Phi) is 4.60. The van der Waals surface area contributed by atoms with E-state index in [1.165, 1.54) is 37.6 Å². The van der Waals surface area contributed by atoms with Gasteiger partial charge in [0.2, 0.25) is 5.88 Å². The first kappa shape index (κ1) is 17.9. The Morgan fingerprint density at radius 3 is 2.44 bits per heavy atom. The number of aliphatic imine (C=N–C) groups is 1. The summed E-state index contributed by atoms with van der Waals surface area (Å²) in [7, 11) is 0. The summed E-state index contributed by atoms with van der Waals surface area (Å²) in [5.74, 6) is 2.10. The maximum Gasteiger partial charge on any atom is 0.246 e. The summed E-state index contributed by atoms with van der Waals surface area (Å²) in [4.78, 5) is 12.9. The fourth-order valence-electron chi connectivity index (χ4n) is 4.15. The summed E-state index contributed by atoms with van der Waals surface area (Å²) < 4.78 is 6.06. The summed E-state index contributed by atoms with van der Waals surface area (Å²) in [6.07, 6.45) is 6.30. The van der Waals surface area contributed by atoms with Gasteiger partial charge in [0.1, 0.15) is 11.9 Å². The van der Waals surface area contributed by atoms with Crippen molar-refractivity contribution in [1.29, 1.82) is 0 Å². The summed E-state index contributed by atoms with van der Waals surface area (Å²) >= 11 is 0. The van der Waals surface area contributed by atoms with E-state index in [1.807, 2.05) is 13.8 Å². The Morgan fingerprint density at radius 1 is 1.07 bits per heavy atom. The van der Waals surface area contributed by atoms with Gasteiger partial charge in [-0.2, -0.15) is 4.98 Å². The monoisotopic (exact) mass is 365 g/mol. The van der Waals surface area contributed by atoms with E-state index in [1.54, 1.807) is 0 Å². The molecule has 0 bridgehead atoms. The molecule has 0 spiro atoms. The molecule has 0 saturated heterocycles. The van der Waals surface area contributed by atoms with Gasteiger partial charge in [-0.3, -0.25) is 0 Å². The van der Waals surface area contributed by atoms with Gasteiger partial charge < -0.3 is 16.2 Å². The second-order valence-corrected chi connectivity index (χ2v) is 8.06. The number of nitrogens with two attached hydrogens (primary N) is 2. The van der Waals surface area contributed by atoms with Gasteiger partial charge in [-0.05, 0) is 63.5 Å². The third kappa shape index (κ3) is 3.41. The highest BCUT2D eigenvalue weighted by Crippen LogP contribution is 2.39. The Balaban J connectivity index is 1.61. The molecule has 1 fully saturated rings. The van der Waals surface area contributed by atoms with E-state index in [0.29, 0.717) is 29.2 Å². The third-order valence-corrected chi connectivity index (χ3v) is 5.80. The molecule has 6 heteroatoms. The Labute approximate surface area is 160 Å². The van der Waals surface area contributed by atoms with Crippen LogP contribution in [0.2, 0.25) is 0 Å².